The van der Waals surface area contributed by atoms with Crippen molar-refractivity contribution in [2.75, 3.05) is 18.1 Å². The second-order valence-corrected chi connectivity index (χ2v) is 13.1. The van der Waals surface area contributed by atoms with Gasteiger partial charge in [-0.3, -0.25) is 14.5 Å². The topological polar surface area (TPSA) is 102 Å². The molecule has 1 unspecified atom stereocenters. The lowest BCUT2D eigenvalue weighted by Crippen LogP contribution is -2.29. The van der Waals surface area contributed by atoms with Crippen molar-refractivity contribution in [3.8, 4) is 11.5 Å². The Morgan fingerprint density at radius 3 is 2.49 bits per heavy atom. The number of aliphatic hydroxyl groups excluding tert-OH is 1. The molecule has 3 aromatic carbocycles. The molecule has 0 spiro atoms. The number of Topliss-reactive ketones (excluding diaryl/α,β-unsaturated/α-hetero) is 1. The van der Waals surface area contributed by atoms with Crippen molar-refractivity contribution in [3.05, 3.63) is 101 Å². The first-order chi connectivity index (χ1) is 21.8. The zero-order chi connectivity index (χ0) is 31.9. The first-order valence-electron chi connectivity index (χ1n) is 14.7. The number of thioether (sulfide) groups is 1. The van der Waals surface area contributed by atoms with Crippen molar-refractivity contribution in [2.45, 2.75) is 49.7 Å². The average molecular weight is 648 g/mol. The molecule has 1 aliphatic heterocycles. The fourth-order valence-electron chi connectivity index (χ4n) is 4.73. The lowest BCUT2D eigenvalue weighted by atomic mass is 9.95. The van der Waals surface area contributed by atoms with E-state index in [0.717, 1.165) is 24.2 Å². The maximum atomic E-state index is 14.2. The Labute approximate surface area is 269 Å². The minimum Gasteiger partial charge on any atom is -0.507 e. The highest BCUT2D eigenvalue weighted by Gasteiger charge is 2.48. The van der Waals surface area contributed by atoms with Crippen LogP contribution in [0.3, 0.4) is 0 Å². The lowest BCUT2D eigenvalue weighted by Gasteiger charge is -2.23. The number of carbonyl (C=O) groups excluding carboxylic acids is 2. The molecule has 4 aromatic rings. The highest BCUT2D eigenvalue weighted by molar-refractivity contribution is 8.00. The molecular formula is C34H34FN3O5S2. The lowest BCUT2D eigenvalue weighted by molar-refractivity contribution is -0.132. The monoisotopic (exact) mass is 647 g/mol. The van der Waals surface area contributed by atoms with Gasteiger partial charge in [0.05, 0.1) is 24.8 Å². The fourth-order valence-corrected chi connectivity index (χ4v) is 6.58. The van der Waals surface area contributed by atoms with Crippen LogP contribution in [0.15, 0.2) is 82.7 Å². The maximum absolute atomic E-state index is 14.2. The third kappa shape index (κ3) is 7.54. The molecule has 8 nitrogen and oxygen atoms in total. The van der Waals surface area contributed by atoms with E-state index in [1.165, 1.54) is 22.7 Å². The highest BCUT2D eigenvalue weighted by Crippen LogP contribution is 2.44. The molecule has 1 aromatic heterocycles. The van der Waals surface area contributed by atoms with E-state index in [1.807, 2.05) is 13.0 Å². The van der Waals surface area contributed by atoms with Crippen LogP contribution in [0.2, 0.25) is 0 Å². The van der Waals surface area contributed by atoms with E-state index in [2.05, 4.69) is 24.0 Å². The standard InChI is InChI=1S/C34H34FN3O5S2/c1-4-17-42-25-14-12-22(13-15-25)30(39)28-29(23-9-7-10-26(19-23)43-18-16-21(2)3)38(32(41)31(28)40)33-36-37-34(45-33)44-20-24-8-5-6-11-27(24)35/h5-15,19,21,29,39H,4,16-18,20H2,1-3H3. The van der Waals surface area contributed by atoms with Crippen LogP contribution in [0.1, 0.15) is 56.3 Å². The number of halogens is 1. The van der Waals surface area contributed by atoms with Gasteiger partial charge in [0.15, 0.2) is 4.34 Å². The number of rotatable bonds is 13. The third-order valence-electron chi connectivity index (χ3n) is 7.09. The summed E-state index contributed by atoms with van der Waals surface area (Å²) in [5.74, 6) is -0.323. The average Bonchev–Trinajstić information content (AvgIpc) is 3.61. The Bertz CT molecular complexity index is 1690. The van der Waals surface area contributed by atoms with Gasteiger partial charge in [-0.2, -0.15) is 0 Å². The van der Waals surface area contributed by atoms with Crippen LogP contribution in [0.4, 0.5) is 9.52 Å². The largest absolute Gasteiger partial charge is 0.507 e. The normalized spacial score (nSPS) is 16.0. The van der Waals surface area contributed by atoms with Crippen LogP contribution in [-0.2, 0) is 15.3 Å². The molecule has 1 atom stereocenters. The van der Waals surface area contributed by atoms with Crippen molar-refractivity contribution in [3.63, 3.8) is 0 Å². The van der Waals surface area contributed by atoms with Crippen LogP contribution in [0, 0.1) is 11.7 Å². The smallest absolute Gasteiger partial charge is 0.301 e. The van der Waals surface area contributed by atoms with Gasteiger partial charge in [-0.1, -0.05) is 74.2 Å². The van der Waals surface area contributed by atoms with Crippen LogP contribution in [0.25, 0.3) is 5.76 Å². The summed E-state index contributed by atoms with van der Waals surface area (Å²) in [6.45, 7) is 7.29. The van der Waals surface area contributed by atoms with E-state index in [1.54, 1.807) is 60.7 Å². The summed E-state index contributed by atoms with van der Waals surface area (Å²) in [5, 5.41) is 20.2. The van der Waals surface area contributed by atoms with Gasteiger partial charge in [0, 0.05) is 11.3 Å². The Kier molecular flexibility index (Phi) is 10.5. The first-order valence-corrected chi connectivity index (χ1v) is 16.5. The van der Waals surface area contributed by atoms with E-state index < -0.39 is 17.7 Å². The van der Waals surface area contributed by atoms with Gasteiger partial charge in [0.25, 0.3) is 5.78 Å². The zero-order valence-corrected chi connectivity index (χ0v) is 26.9. The first kappa shape index (κ1) is 32.2. The zero-order valence-electron chi connectivity index (χ0n) is 25.2. The Morgan fingerprint density at radius 1 is 1.00 bits per heavy atom. The van der Waals surface area contributed by atoms with E-state index in [9.17, 15) is 19.1 Å². The van der Waals surface area contributed by atoms with Gasteiger partial charge in [-0.25, -0.2) is 4.39 Å². The quantitative estimate of drug-likeness (QED) is 0.0516. The molecule has 1 fully saturated rings. The number of anilines is 1. The molecular weight excluding hydrogens is 614 g/mol. The van der Waals surface area contributed by atoms with E-state index in [-0.39, 0.29) is 22.3 Å². The summed E-state index contributed by atoms with van der Waals surface area (Å²) < 4.78 is 26.3. The van der Waals surface area contributed by atoms with Gasteiger partial charge in [-0.05, 0) is 72.4 Å². The summed E-state index contributed by atoms with van der Waals surface area (Å²) in [6, 6.07) is 19.4. The molecule has 1 amide bonds. The molecule has 234 valence electrons. The molecule has 0 radical (unpaired) electrons. The number of hydrogen-bond donors (Lipinski definition) is 1. The maximum Gasteiger partial charge on any atom is 0.301 e. The van der Waals surface area contributed by atoms with Gasteiger partial charge < -0.3 is 14.6 Å². The number of ketones is 1. The summed E-state index contributed by atoms with van der Waals surface area (Å²) in [4.78, 5) is 28.5. The highest BCUT2D eigenvalue weighted by atomic mass is 32.2. The summed E-state index contributed by atoms with van der Waals surface area (Å²) in [5.41, 5.74) is 1.37. The Morgan fingerprint density at radius 2 is 1.76 bits per heavy atom. The van der Waals surface area contributed by atoms with E-state index in [0.29, 0.717) is 57.4 Å². The number of benzene rings is 3. The molecule has 0 bridgehead atoms. The van der Waals surface area contributed by atoms with Crippen molar-refractivity contribution in [2.24, 2.45) is 5.92 Å². The number of nitrogens with zero attached hydrogens (tertiary/aromatic N) is 3. The predicted octanol–water partition coefficient (Wildman–Crippen LogP) is 7.81. The number of aromatic nitrogens is 2. The van der Waals surface area contributed by atoms with Crippen LogP contribution in [-0.4, -0.2) is 40.2 Å². The molecule has 45 heavy (non-hydrogen) atoms. The van der Waals surface area contributed by atoms with Crippen LogP contribution < -0.4 is 14.4 Å². The third-order valence-corrected chi connectivity index (χ3v) is 9.20. The molecule has 0 aliphatic carbocycles. The van der Waals surface area contributed by atoms with Gasteiger partial charge in [0.2, 0.25) is 5.13 Å². The number of carbonyl (C=O) groups is 2. The summed E-state index contributed by atoms with van der Waals surface area (Å²) in [6.07, 6.45) is 1.71. The van der Waals surface area contributed by atoms with Gasteiger partial charge in [0.1, 0.15) is 23.1 Å². The number of ether oxygens (including phenoxy) is 2. The van der Waals surface area contributed by atoms with Crippen molar-refractivity contribution in [1.82, 2.24) is 10.2 Å². The molecule has 0 saturated carbocycles. The molecule has 1 aliphatic rings. The predicted molar refractivity (Wildman–Crippen MR) is 174 cm³/mol. The van der Waals surface area contributed by atoms with E-state index >= 15 is 0 Å². The van der Waals surface area contributed by atoms with Crippen LogP contribution in [0.5, 0.6) is 11.5 Å². The van der Waals surface area contributed by atoms with E-state index in [4.69, 9.17) is 9.47 Å². The summed E-state index contributed by atoms with van der Waals surface area (Å²) in [7, 11) is 0. The molecule has 5 rings (SSSR count). The minimum absolute atomic E-state index is 0.0719. The number of amides is 1. The molecule has 2 heterocycles. The SMILES string of the molecule is CCCOc1ccc(C(O)=C2C(=O)C(=O)N(c3nnc(SCc4ccccc4F)s3)C2c2cccc(OCCC(C)C)c2)cc1. The number of aliphatic hydroxyl groups is 1. The Balaban J connectivity index is 1.52. The minimum atomic E-state index is -0.993. The number of hydrogen-bond acceptors (Lipinski definition) is 9. The van der Waals surface area contributed by atoms with Crippen molar-refractivity contribution in [1.29, 1.82) is 0 Å². The molecule has 11 heteroatoms. The van der Waals surface area contributed by atoms with Gasteiger partial charge in [-0.15, -0.1) is 10.2 Å². The van der Waals surface area contributed by atoms with Gasteiger partial charge >= 0.3 is 5.91 Å². The van der Waals surface area contributed by atoms with Crippen molar-refractivity contribution >= 4 is 45.7 Å². The fraction of sp³-hybridized carbons (Fsp3) is 0.294. The molecule has 1 saturated heterocycles. The van der Waals surface area contributed by atoms with Crippen molar-refractivity contribution < 1.29 is 28.6 Å². The summed E-state index contributed by atoms with van der Waals surface area (Å²) >= 11 is 2.40. The van der Waals surface area contributed by atoms with Crippen LogP contribution >= 0.6 is 23.1 Å². The second-order valence-electron chi connectivity index (χ2n) is 10.9. The second kappa shape index (κ2) is 14.7. The Hall–Kier alpha value is -4.22. The molecule has 1 N–H and O–H groups in total.